The monoisotopic (exact) mass is 490 g/mol. The van der Waals surface area contributed by atoms with Gasteiger partial charge in [0.2, 0.25) is 5.75 Å². The van der Waals surface area contributed by atoms with E-state index >= 15 is 0 Å². The fourth-order valence-electron chi connectivity index (χ4n) is 3.42. The first-order valence-electron chi connectivity index (χ1n) is 10.8. The van der Waals surface area contributed by atoms with Crippen LogP contribution in [-0.2, 0) is 0 Å². The van der Waals surface area contributed by atoms with Crippen LogP contribution < -0.4 is 24.3 Å². The van der Waals surface area contributed by atoms with E-state index < -0.39 is 4.92 Å². The summed E-state index contributed by atoms with van der Waals surface area (Å²) in [6.07, 6.45) is 6.64. The molecule has 0 bridgehead atoms. The predicted octanol–water partition coefficient (Wildman–Crippen LogP) is 5.61. The second-order valence-electron chi connectivity index (χ2n) is 7.40. The number of methoxy groups -OCH3 is 4. The Labute approximate surface area is 208 Å². The van der Waals surface area contributed by atoms with Crippen LogP contribution in [0.5, 0.6) is 23.0 Å². The number of hydrogen-bond donors (Lipinski definition) is 1. The summed E-state index contributed by atoms with van der Waals surface area (Å²) in [4.78, 5) is 23.1. The minimum Gasteiger partial charge on any atom is -0.493 e. The van der Waals surface area contributed by atoms with Gasteiger partial charge in [-0.25, -0.2) is 0 Å². The first-order chi connectivity index (χ1) is 17.4. The van der Waals surface area contributed by atoms with Crippen molar-refractivity contribution in [1.29, 1.82) is 0 Å². The molecule has 9 nitrogen and oxygen atoms in total. The van der Waals surface area contributed by atoms with Crippen molar-refractivity contribution in [3.8, 4) is 23.0 Å². The molecule has 0 amide bonds. The minimum atomic E-state index is -0.589. The molecule has 0 saturated carbocycles. The lowest BCUT2D eigenvalue weighted by Crippen LogP contribution is -2.00. The summed E-state index contributed by atoms with van der Waals surface area (Å²) in [5.74, 6) is 1.35. The van der Waals surface area contributed by atoms with Gasteiger partial charge in [-0.1, -0.05) is 24.3 Å². The third kappa shape index (κ3) is 6.20. The van der Waals surface area contributed by atoms with E-state index in [9.17, 15) is 14.9 Å². The normalized spacial score (nSPS) is 10.9. The smallest absolute Gasteiger partial charge is 0.311 e. The lowest BCUT2D eigenvalue weighted by Gasteiger charge is -2.12. The largest absolute Gasteiger partial charge is 0.493 e. The predicted molar refractivity (Wildman–Crippen MR) is 138 cm³/mol. The summed E-state index contributed by atoms with van der Waals surface area (Å²) in [6, 6.07) is 15.3. The highest BCUT2D eigenvalue weighted by atomic mass is 16.6. The molecule has 186 valence electrons. The van der Waals surface area contributed by atoms with E-state index in [1.165, 1.54) is 37.6 Å². The number of allylic oxidation sites excluding steroid dienone is 1. The zero-order valence-electron chi connectivity index (χ0n) is 20.3. The highest BCUT2D eigenvalue weighted by molar-refractivity contribution is 6.05. The Hall–Kier alpha value is -4.79. The molecule has 0 fully saturated rings. The average molecular weight is 491 g/mol. The zero-order valence-corrected chi connectivity index (χ0v) is 20.3. The molecule has 1 N–H and O–H groups in total. The van der Waals surface area contributed by atoms with Gasteiger partial charge in [-0.2, -0.15) is 0 Å². The topological polar surface area (TPSA) is 109 Å². The van der Waals surface area contributed by atoms with Gasteiger partial charge in [0.05, 0.1) is 33.4 Å². The number of nitro groups is 1. The standard InChI is InChI=1S/C27H26N2O7/c1-33-24-11-10-20(17-22(24)29(31)32)23(30)12-13-28-21-7-5-6-18(14-21)8-9-19-15-25(34-2)27(36-4)26(16-19)35-3/h5-17,28H,1-4H3. The molecule has 0 saturated heterocycles. The molecule has 0 aliphatic rings. The van der Waals surface area contributed by atoms with Crippen molar-refractivity contribution in [2.45, 2.75) is 0 Å². The maximum atomic E-state index is 12.5. The van der Waals surface area contributed by atoms with Crippen molar-refractivity contribution in [2.24, 2.45) is 0 Å². The maximum absolute atomic E-state index is 12.5. The molecule has 0 heterocycles. The fraction of sp³-hybridized carbons (Fsp3) is 0.148. The number of carbonyl (C=O) groups is 1. The summed E-state index contributed by atoms with van der Waals surface area (Å²) in [5.41, 5.74) is 2.45. The van der Waals surface area contributed by atoms with Crippen LogP contribution in [-0.4, -0.2) is 39.1 Å². The van der Waals surface area contributed by atoms with E-state index in [-0.39, 0.29) is 22.8 Å². The lowest BCUT2D eigenvalue weighted by molar-refractivity contribution is -0.385. The first-order valence-corrected chi connectivity index (χ1v) is 10.8. The summed E-state index contributed by atoms with van der Waals surface area (Å²) in [6.45, 7) is 0. The molecular weight excluding hydrogens is 464 g/mol. The van der Waals surface area contributed by atoms with E-state index in [4.69, 9.17) is 18.9 Å². The first kappa shape index (κ1) is 25.8. The van der Waals surface area contributed by atoms with Gasteiger partial charge < -0.3 is 24.3 Å². The zero-order chi connectivity index (χ0) is 26.1. The van der Waals surface area contributed by atoms with Crippen LogP contribution in [0, 0.1) is 10.1 Å². The molecule has 0 aromatic heterocycles. The van der Waals surface area contributed by atoms with Crippen molar-refractivity contribution in [2.75, 3.05) is 33.8 Å². The van der Waals surface area contributed by atoms with Gasteiger partial charge in [-0.05, 0) is 47.5 Å². The van der Waals surface area contributed by atoms with E-state index in [2.05, 4.69) is 5.32 Å². The van der Waals surface area contributed by atoms with Gasteiger partial charge in [-0.15, -0.1) is 0 Å². The van der Waals surface area contributed by atoms with Crippen LogP contribution in [0.4, 0.5) is 11.4 Å². The number of rotatable bonds is 11. The number of ether oxygens (including phenoxy) is 4. The Balaban J connectivity index is 1.72. The van der Waals surface area contributed by atoms with E-state index in [0.717, 1.165) is 16.8 Å². The molecule has 3 aromatic carbocycles. The molecule has 3 rings (SSSR count). The van der Waals surface area contributed by atoms with Crippen molar-refractivity contribution >= 4 is 29.3 Å². The second kappa shape index (κ2) is 12.1. The Bertz CT molecular complexity index is 1290. The Kier molecular flexibility index (Phi) is 8.66. The number of anilines is 1. The number of carbonyl (C=O) groups excluding carboxylic acids is 1. The maximum Gasteiger partial charge on any atom is 0.311 e. The molecule has 36 heavy (non-hydrogen) atoms. The Morgan fingerprint density at radius 1 is 0.833 bits per heavy atom. The van der Waals surface area contributed by atoms with Crippen LogP contribution >= 0.6 is 0 Å². The third-order valence-corrected chi connectivity index (χ3v) is 5.19. The highest BCUT2D eigenvalue weighted by Gasteiger charge is 2.17. The van der Waals surface area contributed by atoms with Crippen molar-refractivity contribution in [1.82, 2.24) is 0 Å². The number of hydrogen-bond acceptors (Lipinski definition) is 8. The summed E-state index contributed by atoms with van der Waals surface area (Å²) >= 11 is 0. The van der Waals surface area contributed by atoms with E-state index in [0.29, 0.717) is 17.2 Å². The molecule has 3 aromatic rings. The Morgan fingerprint density at radius 2 is 1.50 bits per heavy atom. The van der Waals surface area contributed by atoms with Gasteiger partial charge >= 0.3 is 5.69 Å². The number of benzene rings is 3. The van der Waals surface area contributed by atoms with Gasteiger partial charge in [0.25, 0.3) is 0 Å². The van der Waals surface area contributed by atoms with Gasteiger partial charge in [0.1, 0.15) is 0 Å². The summed E-state index contributed by atoms with van der Waals surface area (Å²) in [7, 11) is 6.01. The molecule has 0 radical (unpaired) electrons. The molecule has 0 spiro atoms. The van der Waals surface area contributed by atoms with Crippen LogP contribution in [0.2, 0.25) is 0 Å². The lowest BCUT2D eigenvalue weighted by atomic mass is 10.1. The van der Waals surface area contributed by atoms with Crippen molar-refractivity contribution < 1.29 is 28.7 Å². The fourth-order valence-corrected chi connectivity index (χ4v) is 3.42. The SMILES string of the molecule is COc1ccc(C(=O)C=CNc2cccc(C=Cc3cc(OC)c(OC)c(OC)c3)c2)cc1[N+](=O)[O-]. The number of ketones is 1. The average Bonchev–Trinajstić information content (AvgIpc) is 2.90. The Morgan fingerprint density at radius 3 is 2.11 bits per heavy atom. The molecular formula is C27H26N2O7. The molecule has 0 aliphatic carbocycles. The summed E-state index contributed by atoms with van der Waals surface area (Å²) in [5, 5.41) is 14.2. The summed E-state index contributed by atoms with van der Waals surface area (Å²) < 4.78 is 21.1. The second-order valence-corrected chi connectivity index (χ2v) is 7.40. The van der Waals surface area contributed by atoms with Gasteiger partial charge in [0.15, 0.2) is 23.0 Å². The minimum absolute atomic E-state index is 0.0926. The van der Waals surface area contributed by atoms with Crippen LogP contribution in [0.15, 0.2) is 66.9 Å². The quantitative estimate of drug-likeness (QED) is 0.121. The van der Waals surface area contributed by atoms with Crippen molar-refractivity contribution in [3.63, 3.8) is 0 Å². The van der Waals surface area contributed by atoms with Gasteiger partial charge in [0, 0.05) is 29.6 Å². The number of nitro benzene ring substituents is 1. The number of nitrogens with zero attached hydrogens (tertiary/aromatic N) is 1. The van der Waals surface area contributed by atoms with E-state index in [1.807, 2.05) is 48.6 Å². The molecule has 0 atom stereocenters. The van der Waals surface area contributed by atoms with Gasteiger partial charge in [-0.3, -0.25) is 14.9 Å². The molecule has 9 heteroatoms. The van der Waals surface area contributed by atoms with E-state index in [1.54, 1.807) is 21.3 Å². The number of nitrogens with one attached hydrogen (secondary N) is 1. The highest BCUT2D eigenvalue weighted by Crippen LogP contribution is 2.38. The van der Waals surface area contributed by atoms with Crippen LogP contribution in [0.1, 0.15) is 21.5 Å². The third-order valence-electron chi connectivity index (χ3n) is 5.19. The molecule has 0 aliphatic heterocycles. The van der Waals surface area contributed by atoms with Crippen molar-refractivity contribution in [3.05, 3.63) is 93.7 Å². The molecule has 0 unspecified atom stereocenters. The van der Waals surface area contributed by atoms with Crippen LogP contribution in [0.3, 0.4) is 0 Å². The van der Waals surface area contributed by atoms with Crippen LogP contribution in [0.25, 0.3) is 12.2 Å².